The summed E-state index contributed by atoms with van der Waals surface area (Å²) in [4.78, 5) is 11.8. The minimum atomic E-state index is -0.628. The van der Waals surface area contributed by atoms with Crippen LogP contribution in [0.5, 0.6) is 11.5 Å². The number of nitrogens with zero attached hydrogens (tertiary/aromatic N) is 1. The second-order valence-electron chi connectivity index (χ2n) is 6.53. The number of carbonyl (C=O) groups is 1. The summed E-state index contributed by atoms with van der Waals surface area (Å²) in [5.41, 5.74) is 4.25. The topological polar surface area (TPSA) is 68.6 Å². The van der Waals surface area contributed by atoms with E-state index in [1.54, 1.807) is 26.2 Å². The van der Waals surface area contributed by atoms with Gasteiger partial charge < -0.3 is 14.2 Å². The second-order valence-corrected chi connectivity index (χ2v) is 6.53. The fourth-order valence-electron chi connectivity index (χ4n) is 3.31. The van der Waals surface area contributed by atoms with E-state index in [9.17, 15) is 10.1 Å². The number of rotatable bonds is 7. The van der Waals surface area contributed by atoms with Crippen LogP contribution in [0.4, 0.5) is 0 Å². The summed E-state index contributed by atoms with van der Waals surface area (Å²) < 4.78 is 16.3. The maximum Gasteiger partial charge on any atom is 0.348 e. The van der Waals surface area contributed by atoms with Crippen molar-refractivity contribution in [1.29, 1.82) is 5.26 Å². The highest BCUT2D eigenvalue weighted by Crippen LogP contribution is 2.28. The molecule has 28 heavy (non-hydrogen) atoms. The van der Waals surface area contributed by atoms with Gasteiger partial charge in [-0.2, -0.15) is 5.26 Å². The molecule has 2 aromatic carbocycles. The summed E-state index contributed by atoms with van der Waals surface area (Å²) in [6, 6.07) is 13.6. The van der Waals surface area contributed by atoms with Crippen LogP contribution in [0, 0.1) is 11.3 Å². The van der Waals surface area contributed by atoms with Gasteiger partial charge in [0.25, 0.3) is 0 Å². The SMILES string of the molecule is CCOC(=O)/C(C#N)=C\c1ccc(OC)c(COc2ccc3c(c2)CCC3)c1. The predicted octanol–water partition coefficient (Wildman–Crippen LogP) is 4.23. The van der Waals surface area contributed by atoms with Gasteiger partial charge in [-0.25, -0.2) is 4.79 Å². The molecule has 0 saturated carbocycles. The number of ether oxygens (including phenoxy) is 3. The van der Waals surface area contributed by atoms with Crippen molar-refractivity contribution >= 4 is 12.0 Å². The number of benzene rings is 2. The maximum atomic E-state index is 11.8. The van der Waals surface area contributed by atoms with E-state index in [0.29, 0.717) is 17.9 Å². The number of fused-ring (bicyclic) bond motifs is 1. The van der Waals surface area contributed by atoms with E-state index in [2.05, 4.69) is 12.1 Å². The van der Waals surface area contributed by atoms with Crippen LogP contribution in [-0.4, -0.2) is 19.7 Å². The zero-order chi connectivity index (χ0) is 19.9. The average Bonchev–Trinajstić information content (AvgIpc) is 3.18. The molecule has 1 aliphatic rings. The standard InChI is InChI=1S/C23H23NO4/c1-3-27-23(25)19(14-24)11-16-7-10-22(26-2)20(12-16)15-28-21-9-8-17-5-4-6-18(17)13-21/h7-13H,3-6,15H2,1-2H3/b19-11-. The molecule has 0 unspecified atom stereocenters. The Hall–Kier alpha value is -3.26. The lowest BCUT2D eigenvalue weighted by Crippen LogP contribution is -2.06. The molecule has 5 nitrogen and oxygen atoms in total. The van der Waals surface area contributed by atoms with Crippen LogP contribution in [0.15, 0.2) is 42.0 Å². The first-order chi connectivity index (χ1) is 13.6. The van der Waals surface area contributed by atoms with E-state index in [1.165, 1.54) is 23.6 Å². The number of hydrogen-bond donors (Lipinski definition) is 0. The minimum absolute atomic E-state index is 0.0440. The molecule has 5 heteroatoms. The Kier molecular flexibility index (Phi) is 6.33. The van der Waals surface area contributed by atoms with Gasteiger partial charge in [-0.1, -0.05) is 12.1 Å². The average molecular weight is 377 g/mol. The van der Waals surface area contributed by atoms with Crippen molar-refractivity contribution in [3.63, 3.8) is 0 Å². The molecule has 3 rings (SSSR count). The van der Waals surface area contributed by atoms with Crippen LogP contribution < -0.4 is 9.47 Å². The molecule has 0 spiro atoms. The molecule has 0 aromatic heterocycles. The fourth-order valence-corrected chi connectivity index (χ4v) is 3.31. The zero-order valence-corrected chi connectivity index (χ0v) is 16.2. The van der Waals surface area contributed by atoms with E-state index in [0.717, 1.165) is 24.2 Å². The van der Waals surface area contributed by atoms with Gasteiger partial charge in [0.2, 0.25) is 0 Å². The molecule has 2 aromatic rings. The molecule has 0 N–H and O–H groups in total. The first-order valence-electron chi connectivity index (χ1n) is 9.35. The van der Waals surface area contributed by atoms with E-state index >= 15 is 0 Å². The molecule has 0 atom stereocenters. The summed E-state index contributed by atoms with van der Waals surface area (Å²) in [7, 11) is 1.60. The lowest BCUT2D eigenvalue weighted by Gasteiger charge is -2.12. The molecule has 0 fully saturated rings. The molecule has 0 heterocycles. The Morgan fingerprint density at radius 2 is 2.00 bits per heavy atom. The Morgan fingerprint density at radius 3 is 2.75 bits per heavy atom. The predicted molar refractivity (Wildman–Crippen MR) is 106 cm³/mol. The largest absolute Gasteiger partial charge is 0.496 e. The van der Waals surface area contributed by atoms with Crippen LogP contribution in [-0.2, 0) is 29.0 Å². The molecule has 0 amide bonds. The molecule has 0 saturated heterocycles. The third kappa shape index (κ3) is 4.52. The lowest BCUT2D eigenvalue weighted by molar-refractivity contribution is -0.137. The minimum Gasteiger partial charge on any atom is -0.496 e. The van der Waals surface area contributed by atoms with Crippen molar-refractivity contribution in [1.82, 2.24) is 0 Å². The highest BCUT2D eigenvalue weighted by Gasteiger charge is 2.13. The van der Waals surface area contributed by atoms with E-state index < -0.39 is 5.97 Å². The highest BCUT2D eigenvalue weighted by atomic mass is 16.5. The van der Waals surface area contributed by atoms with Crippen molar-refractivity contribution in [3.05, 3.63) is 64.2 Å². The van der Waals surface area contributed by atoms with Crippen molar-refractivity contribution in [2.45, 2.75) is 32.8 Å². The summed E-state index contributed by atoms with van der Waals surface area (Å²) in [5.74, 6) is 0.887. The Balaban J connectivity index is 1.79. The van der Waals surface area contributed by atoms with Gasteiger partial charge >= 0.3 is 5.97 Å². The second kappa shape index (κ2) is 9.09. The van der Waals surface area contributed by atoms with Crippen LogP contribution in [0.2, 0.25) is 0 Å². The number of carbonyl (C=O) groups excluding carboxylic acids is 1. The van der Waals surface area contributed by atoms with Gasteiger partial charge in [-0.15, -0.1) is 0 Å². The molecule has 0 aliphatic heterocycles. The van der Waals surface area contributed by atoms with Gasteiger partial charge in [-0.05, 0) is 73.2 Å². The number of nitriles is 1. The van der Waals surface area contributed by atoms with Gasteiger partial charge in [0.15, 0.2) is 0 Å². The molecule has 0 radical (unpaired) electrons. The fraction of sp³-hybridized carbons (Fsp3) is 0.304. The van der Waals surface area contributed by atoms with E-state index in [1.807, 2.05) is 18.2 Å². The van der Waals surface area contributed by atoms with Crippen LogP contribution in [0.3, 0.4) is 0 Å². The zero-order valence-electron chi connectivity index (χ0n) is 16.2. The first kappa shape index (κ1) is 19.5. The summed E-state index contributed by atoms with van der Waals surface area (Å²) in [5, 5.41) is 9.21. The van der Waals surface area contributed by atoms with Gasteiger partial charge in [0, 0.05) is 5.56 Å². The van der Waals surface area contributed by atoms with Crippen molar-refractivity contribution in [3.8, 4) is 17.6 Å². The van der Waals surface area contributed by atoms with Gasteiger partial charge in [0.1, 0.15) is 29.7 Å². The highest BCUT2D eigenvalue weighted by molar-refractivity contribution is 5.97. The van der Waals surface area contributed by atoms with Gasteiger partial charge in [0.05, 0.1) is 13.7 Å². The Morgan fingerprint density at radius 1 is 1.18 bits per heavy atom. The van der Waals surface area contributed by atoms with Crippen LogP contribution in [0.1, 0.15) is 35.6 Å². The normalized spacial score (nSPS) is 12.8. The molecule has 144 valence electrons. The van der Waals surface area contributed by atoms with Crippen molar-refractivity contribution in [2.24, 2.45) is 0 Å². The third-order valence-corrected chi connectivity index (χ3v) is 4.70. The van der Waals surface area contributed by atoms with Crippen molar-refractivity contribution in [2.75, 3.05) is 13.7 Å². The maximum absolute atomic E-state index is 11.8. The number of esters is 1. The Labute approximate surface area is 165 Å². The lowest BCUT2D eigenvalue weighted by atomic mass is 10.1. The van der Waals surface area contributed by atoms with Crippen molar-refractivity contribution < 1.29 is 19.0 Å². The van der Waals surface area contributed by atoms with E-state index in [-0.39, 0.29) is 12.2 Å². The van der Waals surface area contributed by atoms with Crippen LogP contribution in [0.25, 0.3) is 6.08 Å². The van der Waals surface area contributed by atoms with Crippen LogP contribution >= 0.6 is 0 Å². The first-order valence-corrected chi connectivity index (χ1v) is 9.35. The van der Waals surface area contributed by atoms with Gasteiger partial charge in [-0.3, -0.25) is 0 Å². The third-order valence-electron chi connectivity index (χ3n) is 4.70. The van der Waals surface area contributed by atoms with E-state index in [4.69, 9.17) is 14.2 Å². The number of hydrogen-bond acceptors (Lipinski definition) is 5. The summed E-state index contributed by atoms with van der Waals surface area (Å²) in [6.07, 6.45) is 4.94. The Bertz CT molecular complexity index is 940. The monoisotopic (exact) mass is 377 g/mol. The summed E-state index contributed by atoms with van der Waals surface area (Å²) >= 11 is 0. The molecular formula is C23H23NO4. The molecule has 1 aliphatic carbocycles. The quantitative estimate of drug-likeness (QED) is 0.410. The number of aryl methyl sites for hydroxylation is 2. The summed E-state index contributed by atoms with van der Waals surface area (Å²) in [6.45, 7) is 2.25. The number of methoxy groups -OCH3 is 1. The smallest absolute Gasteiger partial charge is 0.348 e. The molecule has 0 bridgehead atoms. The molecular weight excluding hydrogens is 354 g/mol.